The molecule has 0 radical (unpaired) electrons. The molecule has 2 aromatic carbocycles. The Morgan fingerprint density at radius 3 is 2.28 bits per heavy atom. The Bertz CT molecular complexity index is 1100. The molecular formula is C23H25N5O4. The lowest BCUT2D eigenvalue weighted by atomic mass is 10.1. The number of aromatic nitrogens is 4. The number of tetrazole rings is 1. The van der Waals surface area contributed by atoms with Crippen LogP contribution in [0.5, 0.6) is 0 Å². The maximum Gasteiger partial charge on any atom is 0.330 e. The minimum atomic E-state index is -0.987. The molecule has 32 heavy (non-hydrogen) atoms. The molecule has 1 atom stereocenters. The molecule has 166 valence electrons. The molecule has 0 fully saturated rings. The molecule has 1 amide bonds. The van der Waals surface area contributed by atoms with Crippen molar-refractivity contribution in [3.05, 3.63) is 59.7 Å². The van der Waals surface area contributed by atoms with Crippen LogP contribution in [0, 0.1) is 12.8 Å². The first-order chi connectivity index (χ1) is 15.2. The van der Waals surface area contributed by atoms with E-state index in [0.29, 0.717) is 17.1 Å². The van der Waals surface area contributed by atoms with E-state index in [9.17, 15) is 14.4 Å². The lowest BCUT2D eigenvalue weighted by Gasteiger charge is -2.13. The summed E-state index contributed by atoms with van der Waals surface area (Å²) in [5.41, 5.74) is 2.85. The molecule has 0 aliphatic carbocycles. The summed E-state index contributed by atoms with van der Waals surface area (Å²) < 4.78 is 5.24. The molecule has 1 aromatic heterocycles. The van der Waals surface area contributed by atoms with Gasteiger partial charge in [0.15, 0.2) is 12.6 Å². The van der Waals surface area contributed by atoms with E-state index in [2.05, 4.69) is 20.7 Å². The minimum absolute atomic E-state index is 0.112. The summed E-state index contributed by atoms with van der Waals surface area (Å²) >= 11 is 0. The fraction of sp³-hybridized carbons (Fsp3) is 0.304. The van der Waals surface area contributed by atoms with Gasteiger partial charge in [-0.25, -0.2) is 4.79 Å². The molecule has 0 saturated heterocycles. The summed E-state index contributed by atoms with van der Waals surface area (Å²) in [5.74, 6) is -0.875. The maximum absolute atomic E-state index is 12.6. The normalized spacial score (nSPS) is 11.8. The van der Waals surface area contributed by atoms with Crippen LogP contribution in [0.4, 0.5) is 5.69 Å². The Morgan fingerprint density at radius 1 is 1.00 bits per heavy atom. The van der Waals surface area contributed by atoms with Crippen molar-refractivity contribution in [2.45, 2.75) is 40.3 Å². The zero-order valence-corrected chi connectivity index (χ0v) is 18.4. The van der Waals surface area contributed by atoms with Crippen LogP contribution in [0.1, 0.15) is 36.7 Å². The number of aryl methyl sites for hydroxylation is 1. The van der Waals surface area contributed by atoms with Crippen molar-refractivity contribution < 1.29 is 19.1 Å². The largest absolute Gasteiger partial charge is 0.453 e. The number of ether oxygens (including phenoxy) is 1. The molecule has 3 aromatic rings. The minimum Gasteiger partial charge on any atom is -0.453 e. The number of ketones is 1. The lowest BCUT2D eigenvalue weighted by Crippen LogP contribution is -2.27. The number of nitrogens with one attached hydrogen (secondary N) is 1. The first-order valence-corrected chi connectivity index (χ1v) is 10.2. The number of hydrogen-bond acceptors (Lipinski definition) is 7. The Morgan fingerprint density at radius 2 is 1.66 bits per heavy atom. The summed E-state index contributed by atoms with van der Waals surface area (Å²) in [6.07, 6.45) is -0.987. The average Bonchev–Trinajstić information content (AvgIpc) is 3.22. The predicted molar refractivity (Wildman–Crippen MR) is 118 cm³/mol. The summed E-state index contributed by atoms with van der Waals surface area (Å²) in [7, 11) is 0. The number of amides is 1. The van der Waals surface area contributed by atoms with Crippen LogP contribution in [0.15, 0.2) is 48.5 Å². The second-order valence-electron chi connectivity index (χ2n) is 7.73. The van der Waals surface area contributed by atoms with Crippen LogP contribution >= 0.6 is 0 Å². The van der Waals surface area contributed by atoms with Crippen molar-refractivity contribution in [3.63, 3.8) is 0 Å². The number of nitrogens with zero attached hydrogens (tertiary/aromatic N) is 4. The first kappa shape index (κ1) is 22.8. The molecule has 1 unspecified atom stereocenters. The third-order valence-electron chi connectivity index (χ3n) is 4.67. The highest BCUT2D eigenvalue weighted by Crippen LogP contribution is 2.15. The predicted octanol–water partition coefficient (Wildman–Crippen LogP) is 3.06. The van der Waals surface area contributed by atoms with E-state index >= 15 is 0 Å². The Balaban J connectivity index is 1.55. The molecule has 1 heterocycles. The van der Waals surface area contributed by atoms with Gasteiger partial charge in [-0.1, -0.05) is 43.7 Å². The first-order valence-electron chi connectivity index (χ1n) is 10.2. The quantitative estimate of drug-likeness (QED) is 0.427. The van der Waals surface area contributed by atoms with E-state index in [4.69, 9.17) is 4.74 Å². The van der Waals surface area contributed by atoms with Gasteiger partial charge in [0.25, 0.3) is 0 Å². The number of hydrogen-bond donors (Lipinski definition) is 1. The van der Waals surface area contributed by atoms with Crippen LogP contribution in [0.2, 0.25) is 0 Å². The standard InChI is InChI=1S/C23H25N5O4/c1-14(2)23(31)24-19-11-9-17(10-12-19)21(30)16(4)32-20(29)13-28-26-22(25-27-28)18-7-5-15(3)6-8-18/h5-12,14,16H,13H2,1-4H3,(H,24,31). The Labute approximate surface area is 185 Å². The van der Waals surface area contributed by atoms with Crippen LogP contribution in [-0.4, -0.2) is 44.0 Å². The van der Waals surface area contributed by atoms with Gasteiger partial charge in [0, 0.05) is 22.7 Å². The molecule has 0 aliphatic heterocycles. The molecule has 0 spiro atoms. The summed E-state index contributed by atoms with van der Waals surface area (Å²) in [4.78, 5) is 37.7. The second kappa shape index (κ2) is 9.95. The third kappa shape index (κ3) is 5.84. The number of carbonyl (C=O) groups excluding carboxylic acids is 3. The van der Waals surface area contributed by atoms with Gasteiger partial charge in [-0.3, -0.25) is 9.59 Å². The van der Waals surface area contributed by atoms with Crippen molar-refractivity contribution in [2.24, 2.45) is 5.92 Å². The zero-order chi connectivity index (χ0) is 23.3. The smallest absolute Gasteiger partial charge is 0.330 e. The van der Waals surface area contributed by atoms with Crippen molar-refractivity contribution in [3.8, 4) is 11.4 Å². The molecule has 9 heteroatoms. The summed E-state index contributed by atoms with van der Waals surface area (Å²) in [5, 5.41) is 14.7. The van der Waals surface area contributed by atoms with Crippen LogP contribution < -0.4 is 5.32 Å². The van der Waals surface area contributed by atoms with E-state index in [1.165, 1.54) is 6.92 Å². The molecule has 3 rings (SSSR count). The van der Waals surface area contributed by atoms with E-state index in [1.807, 2.05) is 31.2 Å². The van der Waals surface area contributed by atoms with Gasteiger partial charge in [-0.05, 0) is 43.3 Å². The number of carbonyl (C=O) groups is 3. The highest BCUT2D eigenvalue weighted by molar-refractivity contribution is 6.00. The van der Waals surface area contributed by atoms with Gasteiger partial charge in [0.1, 0.15) is 0 Å². The lowest BCUT2D eigenvalue weighted by molar-refractivity contribution is -0.147. The van der Waals surface area contributed by atoms with Gasteiger partial charge in [-0.2, -0.15) is 4.80 Å². The molecule has 1 N–H and O–H groups in total. The molecule has 0 saturated carbocycles. The topological polar surface area (TPSA) is 116 Å². The monoisotopic (exact) mass is 435 g/mol. The van der Waals surface area contributed by atoms with Crippen LogP contribution in [0.25, 0.3) is 11.4 Å². The van der Waals surface area contributed by atoms with Gasteiger partial charge in [0.2, 0.25) is 17.5 Å². The van der Waals surface area contributed by atoms with E-state index in [0.717, 1.165) is 15.9 Å². The van der Waals surface area contributed by atoms with Gasteiger partial charge in [-0.15, -0.1) is 10.2 Å². The fourth-order valence-corrected chi connectivity index (χ4v) is 2.77. The van der Waals surface area contributed by atoms with Gasteiger partial charge in [0.05, 0.1) is 0 Å². The SMILES string of the molecule is Cc1ccc(-c2nnn(CC(=O)OC(C)C(=O)c3ccc(NC(=O)C(C)C)cc3)n2)cc1. The van der Waals surface area contributed by atoms with Gasteiger partial charge >= 0.3 is 5.97 Å². The number of anilines is 1. The average molecular weight is 435 g/mol. The van der Waals surface area contributed by atoms with Gasteiger partial charge < -0.3 is 10.1 Å². The van der Waals surface area contributed by atoms with Crippen molar-refractivity contribution in [2.75, 3.05) is 5.32 Å². The van der Waals surface area contributed by atoms with E-state index < -0.39 is 12.1 Å². The fourth-order valence-electron chi connectivity index (χ4n) is 2.77. The van der Waals surface area contributed by atoms with Crippen LogP contribution in [0.3, 0.4) is 0 Å². The molecule has 0 bridgehead atoms. The number of rotatable bonds is 8. The second-order valence-corrected chi connectivity index (χ2v) is 7.73. The van der Waals surface area contributed by atoms with Crippen molar-refractivity contribution in [1.29, 1.82) is 0 Å². The number of Topliss-reactive ketones (excluding diaryl/α,β-unsaturated/α-hetero) is 1. The highest BCUT2D eigenvalue weighted by atomic mass is 16.5. The number of benzene rings is 2. The molecule has 9 nitrogen and oxygen atoms in total. The van der Waals surface area contributed by atoms with Crippen molar-refractivity contribution in [1.82, 2.24) is 20.2 Å². The summed E-state index contributed by atoms with van der Waals surface area (Å²) in [6.45, 7) is 6.80. The molecule has 0 aliphatic rings. The molecular weight excluding hydrogens is 410 g/mol. The third-order valence-corrected chi connectivity index (χ3v) is 4.67. The highest BCUT2D eigenvalue weighted by Gasteiger charge is 2.21. The Hall–Kier alpha value is -3.88. The van der Waals surface area contributed by atoms with Crippen LogP contribution in [-0.2, 0) is 20.9 Å². The zero-order valence-electron chi connectivity index (χ0n) is 18.4. The van der Waals surface area contributed by atoms with E-state index in [1.54, 1.807) is 38.1 Å². The van der Waals surface area contributed by atoms with Crippen molar-refractivity contribution >= 4 is 23.3 Å². The summed E-state index contributed by atoms with van der Waals surface area (Å²) in [6, 6.07) is 14.0. The maximum atomic E-state index is 12.6. The number of esters is 1. The Kier molecular flexibility index (Phi) is 7.09. The van der Waals surface area contributed by atoms with E-state index in [-0.39, 0.29) is 24.2 Å².